The van der Waals surface area contributed by atoms with Crippen LogP contribution in [0.15, 0.2) is 36.7 Å². The van der Waals surface area contributed by atoms with Crippen LogP contribution in [0.3, 0.4) is 0 Å². The van der Waals surface area contributed by atoms with Gasteiger partial charge < -0.3 is 15.4 Å². The summed E-state index contributed by atoms with van der Waals surface area (Å²) in [7, 11) is 0. The van der Waals surface area contributed by atoms with Gasteiger partial charge in [0, 0.05) is 18.3 Å². The summed E-state index contributed by atoms with van der Waals surface area (Å²) in [6.45, 7) is 3.42. The van der Waals surface area contributed by atoms with Gasteiger partial charge in [0.2, 0.25) is 5.91 Å². The second kappa shape index (κ2) is 7.38. The number of nitrogens with two attached hydrogens (primary N) is 1. The van der Waals surface area contributed by atoms with E-state index in [0.717, 1.165) is 24.9 Å². The molecule has 25 heavy (non-hydrogen) atoms. The SMILES string of the molecule is Cc1cnn(C[C@H]2CCCN2C(=O)COc2ccc(C(N)=O)cc2)c1. The lowest BCUT2D eigenvalue weighted by molar-refractivity contribution is -0.134. The van der Waals surface area contributed by atoms with Crippen LogP contribution in [-0.2, 0) is 11.3 Å². The summed E-state index contributed by atoms with van der Waals surface area (Å²) in [6.07, 6.45) is 5.76. The number of hydrogen-bond donors (Lipinski definition) is 1. The van der Waals surface area contributed by atoms with Gasteiger partial charge in [-0.2, -0.15) is 5.10 Å². The molecule has 0 bridgehead atoms. The lowest BCUT2D eigenvalue weighted by atomic mass is 10.2. The molecule has 0 unspecified atom stereocenters. The summed E-state index contributed by atoms with van der Waals surface area (Å²) in [4.78, 5) is 25.4. The number of likely N-dealkylation sites (tertiary alicyclic amines) is 1. The summed E-state index contributed by atoms with van der Waals surface area (Å²) in [5, 5.41) is 4.30. The molecule has 3 rings (SSSR count). The van der Waals surface area contributed by atoms with Crippen molar-refractivity contribution in [3.05, 3.63) is 47.8 Å². The zero-order valence-electron chi connectivity index (χ0n) is 14.2. The fourth-order valence-corrected chi connectivity index (χ4v) is 3.08. The number of rotatable bonds is 6. The van der Waals surface area contributed by atoms with Gasteiger partial charge in [-0.25, -0.2) is 0 Å². The standard InChI is InChI=1S/C18H22N4O3/c1-13-9-20-21(10-13)11-15-3-2-8-22(15)17(23)12-25-16-6-4-14(5-7-16)18(19)24/h4-7,9-10,15H,2-3,8,11-12H2,1H3,(H2,19,24)/t15-/m1/s1. The van der Waals surface area contributed by atoms with Crippen molar-refractivity contribution in [1.82, 2.24) is 14.7 Å². The Morgan fingerprint density at radius 2 is 2.08 bits per heavy atom. The van der Waals surface area contributed by atoms with Crippen LogP contribution in [0.25, 0.3) is 0 Å². The number of ether oxygens (including phenoxy) is 1. The molecule has 2 amide bonds. The normalized spacial score (nSPS) is 16.8. The summed E-state index contributed by atoms with van der Waals surface area (Å²) < 4.78 is 7.44. The third-order valence-electron chi connectivity index (χ3n) is 4.36. The molecule has 132 valence electrons. The molecular formula is C18H22N4O3. The lowest BCUT2D eigenvalue weighted by Crippen LogP contribution is -2.40. The van der Waals surface area contributed by atoms with Gasteiger partial charge in [-0.15, -0.1) is 0 Å². The van der Waals surface area contributed by atoms with E-state index in [1.165, 1.54) is 0 Å². The van der Waals surface area contributed by atoms with Gasteiger partial charge in [0.1, 0.15) is 5.75 Å². The second-order valence-electron chi connectivity index (χ2n) is 6.30. The molecule has 1 aromatic heterocycles. The molecule has 7 nitrogen and oxygen atoms in total. The monoisotopic (exact) mass is 342 g/mol. The molecule has 1 aliphatic rings. The summed E-state index contributed by atoms with van der Waals surface area (Å²) in [5.74, 6) is 0.0125. The maximum Gasteiger partial charge on any atom is 0.260 e. The van der Waals surface area contributed by atoms with Crippen molar-refractivity contribution in [1.29, 1.82) is 0 Å². The molecule has 1 atom stereocenters. The first kappa shape index (κ1) is 17.0. The van der Waals surface area contributed by atoms with E-state index in [9.17, 15) is 9.59 Å². The molecule has 2 aromatic rings. The van der Waals surface area contributed by atoms with Gasteiger partial charge in [0.15, 0.2) is 6.61 Å². The maximum absolute atomic E-state index is 12.5. The Bertz CT molecular complexity index is 754. The maximum atomic E-state index is 12.5. The quantitative estimate of drug-likeness (QED) is 0.858. The molecule has 0 radical (unpaired) electrons. The number of benzene rings is 1. The van der Waals surface area contributed by atoms with Crippen LogP contribution >= 0.6 is 0 Å². The number of carbonyl (C=O) groups is 2. The van der Waals surface area contributed by atoms with Crippen LogP contribution in [-0.4, -0.2) is 45.7 Å². The number of aromatic nitrogens is 2. The predicted octanol–water partition coefficient (Wildman–Crippen LogP) is 1.36. The van der Waals surface area contributed by atoms with Gasteiger partial charge in [-0.3, -0.25) is 14.3 Å². The minimum atomic E-state index is -0.489. The van der Waals surface area contributed by atoms with Crippen molar-refractivity contribution < 1.29 is 14.3 Å². The third kappa shape index (κ3) is 4.17. The Morgan fingerprint density at radius 1 is 1.32 bits per heavy atom. The number of nitrogens with zero attached hydrogens (tertiary/aromatic N) is 3. The largest absolute Gasteiger partial charge is 0.484 e. The molecule has 0 aliphatic carbocycles. The number of amides is 2. The highest BCUT2D eigenvalue weighted by molar-refractivity contribution is 5.92. The first-order valence-electron chi connectivity index (χ1n) is 8.34. The van der Waals surface area contributed by atoms with Gasteiger partial charge in [-0.1, -0.05) is 0 Å². The van der Waals surface area contributed by atoms with E-state index in [1.807, 2.05) is 28.9 Å². The molecule has 1 aliphatic heterocycles. The van der Waals surface area contributed by atoms with Gasteiger partial charge in [-0.05, 0) is 49.6 Å². The van der Waals surface area contributed by atoms with Crippen LogP contribution in [0.1, 0.15) is 28.8 Å². The Morgan fingerprint density at radius 3 is 2.72 bits per heavy atom. The van der Waals surface area contributed by atoms with Crippen molar-refractivity contribution in [2.75, 3.05) is 13.2 Å². The Hall–Kier alpha value is -2.83. The Balaban J connectivity index is 1.55. The van der Waals surface area contributed by atoms with Crippen molar-refractivity contribution in [2.24, 2.45) is 5.73 Å². The van der Waals surface area contributed by atoms with Crippen molar-refractivity contribution in [3.8, 4) is 5.75 Å². The molecule has 1 aromatic carbocycles. The average Bonchev–Trinajstić information content (AvgIpc) is 3.22. The number of hydrogen-bond acceptors (Lipinski definition) is 4. The fraction of sp³-hybridized carbons (Fsp3) is 0.389. The van der Waals surface area contributed by atoms with Crippen LogP contribution in [0.5, 0.6) is 5.75 Å². The Kier molecular flexibility index (Phi) is 5.02. The summed E-state index contributed by atoms with van der Waals surface area (Å²) >= 11 is 0. The number of aryl methyl sites for hydroxylation is 1. The Labute approximate surface area is 146 Å². The number of carbonyl (C=O) groups excluding carboxylic acids is 2. The molecule has 2 N–H and O–H groups in total. The summed E-state index contributed by atoms with van der Waals surface area (Å²) in [6, 6.07) is 6.59. The molecule has 0 spiro atoms. The van der Waals surface area contributed by atoms with Crippen molar-refractivity contribution in [2.45, 2.75) is 32.4 Å². The zero-order valence-corrected chi connectivity index (χ0v) is 14.2. The van der Waals surface area contributed by atoms with E-state index in [0.29, 0.717) is 17.9 Å². The summed E-state index contributed by atoms with van der Waals surface area (Å²) in [5.41, 5.74) is 6.72. The lowest BCUT2D eigenvalue weighted by Gasteiger charge is -2.24. The zero-order chi connectivity index (χ0) is 17.8. The van der Waals surface area contributed by atoms with E-state index in [4.69, 9.17) is 10.5 Å². The average molecular weight is 342 g/mol. The predicted molar refractivity (Wildman–Crippen MR) is 92.2 cm³/mol. The minimum Gasteiger partial charge on any atom is -0.484 e. The van der Waals surface area contributed by atoms with E-state index >= 15 is 0 Å². The molecule has 1 saturated heterocycles. The van der Waals surface area contributed by atoms with Gasteiger partial charge in [0.25, 0.3) is 5.91 Å². The topological polar surface area (TPSA) is 90.4 Å². The highest BCUT2D eigenvalue weighted by Gasteiger charge is 2.29. The van der Waals surface area contributed by atoms with Crippen molar-refractivity contribution in [3.63, 3.8) is 0 Å². The van der Waals surface area contributed by atoms with Crippen molar-refractivity contribution >= 4 is 11.8 Å². The van der Waals surface area contributed by atoms with E-state index < -0.39 is 5.91 Å². The van der Waals surface area contributed by atoms with E-state index in [-0.39, 0.29) is 18.6 Å². The van der Waals surface area contributed by atoms with Crippen LogP contribution in [0.2, 0.25) is 0 Å². The molecule has 2 heterocycles. The molecular weight excluding hydrogens is 320 g/mol. The minimum absolute atomic E-state index is 0.0233. The van der Waals surface area contributed by atoms with Crippen LogP contribution in [0.4, 0.5) is 0 Å². The van der Waals surface area contributed by atoms with Gasteiger partial charge >= 0.3 is 0 Å². The van der Waals surface area contributed by atoms with Crippen LogP contribution < -0.4 is 10.5 Å². The highest BCUT2D eigenvalue weighted by atomic mass is 16.5. The van der Waals surface area contributed by atoms with E-state index in [1.54, 1.807) is 24.3 Å². The molecule has 1 fully saturated rings. The first-order chi connectivity index (χ1) is 12.0. The smallest absolute Gasteiger partial charge is 0.260 e. The second-order valence-corrected chi connectivity index (χ2v) is 6.30. The first-order valence-corrected chi connectivity index (χ1v) is 8.34. The third-order valence-corrected chi connectivity index (χ3v) is 4.36. The molecule has 0 saturated carbocycles. The van der Waals surface area contributed by atoms with Gasteiger partial charge in [0.05, 0.1) is 18.8 Å². The fourth-order valence-electron chi connectivity index (χ4n) is 3.08. The number of primary amides is 1. The van der Waals surface area contributed by atoms with E-state index in [2.05, 4.69) is 5.10 Å². The molecule has 7 heteroatoms. The highest BCUT2D eigenvalue weighted by Crippen LogP contribution is 2.20. The van der Waals surface area contributed by atoms with Crippen LogP contribution in [0, 0.1) is 6.92 Å².